The van der Waals surface area contributed by atoms with Gasteiger partial charge in [0.15, 0.2) is 5.78 Å². The van der Waals surface area contributed by atoms with Crippen molar-refractivity contribution in [2.45, 2.75) is 18.8 Å². The lowest BCUT2D eigenvalue weighted by molar-refractivity contribution is 0.0956. The van der Waals surface area contributed by atoms with Gasteiger partial charge in [-0.05, 0) is 42.2 Å². The minimum Gasteiger partial charge on any atom is -0.496 e. The summed E-state index contributed by atoms with van der Waals surface area (Å²) in [5.74, 6) is -0.241. The number of halogens is 1. The van der Waals surface area contributed by atoms with Crippen molar-refractivity contribution in [3.05, 3.63) is 65.0 Å². The molecule has 0 fully saturated rings. The predicted octanol–water partition coefficient (Wildman–Crippen LogP) is 3.75. The van der Waals surface area contributed by atoms with Gasteiger partial charge in [0.2, 0.25) is 0 Å². The number of methoxy groups -OCH3 is 1. The van der Waals surface area contributed by atoms with E-state index in [0.29, 0.717) is 11.3 Å². The Bertz CT molecular complexity index is 664. The van der Waals surface area contributed by atoms with Gasteiger partial charge in [0, 0.05) is 5.92 Å². The van der Waals surface area contributed by atoms with Crippen LogP contribution in [0.25, 0.3) is 0 Å². The Morgan fingerprint density at radius 2 is 2.05 bits per heavy atom. The van der Waals surface area contributed by atoms with Crippen molar-refractivity contribution in [3.8, 4) is 5.75 Å². The minimum atomic E-state index is -0.416. The molecule has 0 amide bonds. The van der Waals surface area contributed by atoms with Crippen LogP contribution >= 0.6 is 0 Å². The van der Waals surface area contributed by atoms with Gasteiger partial charge in [-0.25, -0.2) is 4.39 Å². The van der Waals surface area contributed by atoms with Crippen LogP contribution in [0.3, 0.4) is 0 Å². The van der Waals surface area contributed by atoms with Crippen molar-refractivity contribution < 1.29 is 13.9 Å². The number of carbonyl (C=O) groups is 1. The Labute approximate surface area is 117 Å². The van der Waals surface area contributed by atoms with Crippen LogP contribution in [-0.4, -0.2) is 12.9 Å². The van der Waals surface area contributed by atoms with Crippen molar-refractivity contribution >= 4 is 5.78 Å². The first-order valence-corrected chi connectivity index (χ1v) is 6.66. The van der Waals surface area contributed by atoms with E-state index < -0.39 is 5.82 Å². The third-order valence-electron chi connectivity index (χ3n) is 3.88. The number of ketones is 1. The van der Waals surface area contributed by atoms with Gasteiger partial charge in [0.1, 0.15) is 11.6 Å². The molecule has 0 aliphatic heterocycles. The molecular formula is C17H15FO2. The smallest absolute Gasteiger partial charge is 0.174 e. The Kier molecular flexibility index (Phi) is 3.26. The standard InChI is InChI=1S/C17H15FO2/c1-20-16-9-7-12(18)10-15(16)17(19)14-8-6-11-4-2-3-5-13(11)14/h2-5,7,9-10,14H,6,8H2,1H3. The second kappa shape index (κ2) is 5.08. The highest BCUT2D eigenvalue weighted by Gasteiger charge is 2.30. The summed E-state index contributed by atoms with van der Waals surface area (Å²) < 4.78 is 18.6. The molecule has 2 aromatic rings. The maximum Gasteiger partial charge on any atom is 0.174 e. The largest absolute Gasteiger partial charge is 0.496 e. The molecule has 3 heteroatoms. The summed E-state index contributed by atoms with van der Waals surface area (Å²) in [5, 5.41) is 0. The number of carbonyl (C=O) groups excluding carboxylic acids is 1. The highest BCUT2D eigenvalue weighted by Crippen LogP contribution is 2.37. The monoisotopic (exact) mass is 270 g/mol. The summed E-state index contributed by atoms with van der Waals surface area (Å²) in [4.78, 5) is 12.7. The van der Waals surface area contributed by atoms with Crippen LogP contribution in [0.4, 0.5) is 4.39 Å². The van der Waals surface area contributed by atoms with Crippen molar-refractivity contribution in [2.75, 3.05) is 7.11 Å². The van der Waals surface area contributed by atoms with Gasteiger partial charge in [-0.15, -0.1) is 0 Å². The number of rotatable bonds is 3. The molecule has 1 unspecified atom stereocenters. The van der Waals surface area contributed by atoms with Gasteiger partial charge in [0.05, 0.1) is 12.7 Å². The third kappa shape index (κ3) is 2.09. The van der Waals surface area contributed by atoms with E-state index >= 15 is 0 Å². The number of hydrogen-bond acceptors (Lipinski definition) is 2. The van der Waals surface area contributed by atoms with Gasteiger partial charge >= 0.3 is 0 Å². The van der Waals surface area contributed by atoms with Gasteiger partial charge in [-0.2, -0.15) is 0 Å². The maximum atomic E-state index is 13.4. The SMILES string of the molecule is COc1ccc(F)cc1C(=O)C1CCc2ccccc21. The van der Waals surface area contributed by atoms with Gasteiger partial charge in [-0.1, -0.05) is 24.3 Å². The highest BCUT2D eigenvalue weighted by atomic mass is 19.1. The van der Waals surface area contributed by atoms with Gasteiger partial charge < -0.3 is 4.74 Å². The molecule has 102 valence electrons. The molecule has 3 rings (SSSR count). The first-order chi connectivity index (χ1) is 9.70. The van der Waals surface area contributed by atoms with E-state index in [1.807, 2.05) is 24.3 Å². The Balaban J connectivity index is 2.00. The molecule has 2 aromatic carbocycles. The quantitative estimate of drug-likeness (QED) is 0.794. The number of Topliss-reactive ketones (excluding diaryl/α,β-unsaturated/α-hetero) is 1. The first kappa shape index (κ1) is 12.9. The molecule has 2 nitrogen and oxygen atoms in total. The lowest BCUT2D eigenvalue weighted by atomic mass is 9.91. The number of fused-ring (bicyclic) bond motifs is 1. The fraction of sp³-hybridized carbons (Fsp3) is 0.235. The van der Waals surface area contributed by atoms with Crippen LogP contribution in [0, 0.1) is 5.82 Å². The number of ether oxygens (including phenoxy) is 1. The first-order valence-electron chi connectivity index (χ1n) is 6.66. The lowest BCUT2D eigenvalue weighted by Crippen LogP contribution is -2.12. The Morgan fingerprint density at radius 1 is 1.25 bits per heavy atom. The topological polar surface area (TPSA) is 26.3 Å². The molecule has 0 aromatic heterocycles. The second-order valence-corrected chi connectivity index (χ2v) is 5.00. The summed E-state index contributed by atoms with van der Waals surface area (Å²) in [5.41, 5.74) is 2.60. The Hall–Kier alpha value is -2.16. The van der Waals surface area contributed by atoms with E-state index in [9.17, 15) is 9.18 Å². The van der Waals surface area contributed by atoms with Crippen LogP contribution in [-0.2, 0) is 6.42 Å². The maximum absolute atomic E-state index is 13.4. The summed E-state index contributed by atoms with van der Waals surface area (Å²) in [6.45, 7) is 0. The van der Waals surface area contributed by atoms with Gasteiger partial charge in [-0.3, -0.25) is 4.79 Å². The van der Waals surface area contributed by atoms with Gasteiger partial charge in [0.25, 0.3) is 0 Å². The van der Waals surface area contributed by atoms with Crippen molar-refractivity contribution in [3.63, 3.8) is 0 Å². The zero-order valence-electron chi connectivity index (χ0n) is 11.2. The number of benzene rings is 2. The summed E-state index contributed by atoms with van der Waals surface area (Å²) >= 11 is 0. The molecule has 1 atom stereocenters. The highest BCUT2D eigenvalue weighted by molar-refractivity contribution is 6.03. The molecule has 1 aliphatic carbocycles. The van der Waals surface area contributed by atoms with E-state index in [4.69, 9.17) is 4.74 Å². The van der Waals surface area contributed by atoms with E-state index in [1.54, 1.807) is 0 Å². The molecule has 0 bridgehead atoms. The fourth-order valence-electron chi connectivity index (χ4n) is 2.89. The summed E-state index contributed by atoms with van der Waals surface area (Å²) in [6.07, 6.45) is 1.67. The van der Waals surface area contributed by atoms with E-state index in [2.05, 4.69) is 0 Å². The van der Waals surface area contributed by atoms with Crippen molar-refractivity contribution in [2.24, 2.45) is 0 Å². The molecule has 0 radical (unpaired) electrons. The van der Waals surface area contributed by atoms with Crippen molar-refractivity contribution in [1.29, 1.82) is 0 Å². The van der Waals surface area contributed by atoms with Crippen LogP contribution in [0.5, 0.6) is 5.75 Å². The third-order valence-corrected chi connectivity index (χ3v) is 3.88. The molecule has 0 saturated heterocycles. The molecule has 0 spiro atoms. The molecule has 1 aliphatic rings. The molecule has 20 heavy (non-hydrogen) atoms. The fourth-order valence-corrected chi connectivity index (χ4v) is 2.89. The zero-order chi connectivity index (χ0) is 14.1. The van der Waals surface area contributed by atoms with Crippen molar-refractivity contribution in [1.82, 2.24) is 0 Å². The Morgan fingerprint density at radius 3 is 2.85 bits per heavy atom. The van der Waals surface area contributed by atoms with Crippen LogP contribution < -0.4 is 4.74 Å². The van der Waals surface area contributed by atoms with Crippen LogP contribution in [0.2, 0.25) is 0 Å². The summed E-state index contributed by atoms with van der Waals surface area (Å²) in [7, 11) is 1.49. The van der Waals surface area contributed by atoms with E-state index in [0.717, 1.165) is 18.4 Å². The van der Waals surface area contributed by atoms with E-state index in [-0.39, 0.29) is 11.7 Å². The molecule has 0 saturated carbocycles. The molecule has 0 heterocycles. The second-order valence-electron chi connectivity index (χ2n) is 5.00. The summed E-state index contributed by atoms with van der Waals surface area (Å²) in [6, 6.07) is 12.0. The minimum absolute atomic E-state index is 0.0636. The van der Waals surface area contributed by atoms with Crippen LogP contribution in [0.15, 0.2) is 42.5 Å². The normalized spacial score (nSPS) is 16.8. The average molecular weight is 270 g/mol. The number of aryl methyl sites for hydroxylation is 1. The molecular weight excluding hydrogens is 255 g/mol. The molecule has 0 N–H and O–H groups in total. The van der Waals surface area contributed by atoms with E-state index in [1.165, 1.54) is 30.9 Å². The average Bonchev–Trinajstić information content (AvgIpc) is 2.90. The predicted molar refractivity (Wildman–Crippen MR) is 74.8 cm³/mol. The number of hydrogen-bond donors (Lipinski definition) is 0. The zero-order valence-corrected chi connectivity index (χ0v) is 11.2. The van der Waals surface area contributed by atoms with Crippen LogP contribution in [0.1, 0.15) is 33.8 Å². The lowest BCUT2D eigenvalue weighted by Gasteiger charge is -2.13.